The Labute approximate surface area is 96.7 Å². The van der Waals surface area contributed by atoms with Crippen LogP contribution in [0.3, 0.4) is 0 Å². The Morgan fingerprint density at radius 2 is 2.06 bits per heavy atom. The molecule has 0 bridgehead atoms. The van der Waals surface area contributed by atoms with Gasteiger partial charge in [-0.05, 0) is 49.1 Å². The summed E-state index contributed by atoms with van der Waals surface area (Å²) in [6.07, 6.45) is 5.73. The number of nitrogens with one attached hydrogen (secondary N) is 2. The van der Waals surface area contributed by atoms with Gasteiger partial charge in [-0.15, -0.1) is 0 Å². The number of aromatic nitrogens is 1. The van der Waals surface area contributed by atoms with Crippen LogP contribution in [0.25, 0.3) is 0 Å². The summed E-state index contributed by atoms with van der Waals surface area (Å²) in [5.41, 5.74) is 0.636. The van der Waals surface area contributed by atoms with Crippen molar-refractivity contribution in [1.29, 1.82) is 0 Å². The molecular weight excluding hydrogens is 198 g/mol. The molecule has 2 saturated carbocycles. The van der Waals surface area contributed by atoms with Crippen molar-refractivity contribution in [2.45, 2.75) is 25.7 Å². The molecule has 0 saturated heterocycles. The summed E-state index contributed by atoms with van der Waals surface area (Å²) in [6.45, 7) is 1.11. The largest absolute Gasteiger partial charge is 0.373 e. The SMILES string of the molecule is CNc1cccc(NCC2(C3CC3)CC2)n1. The van der Waals surface area contributed by atoms with Gasteiger partial charge in [0.25, 0.3) is 0 Å². The van der Waals surface area contributed by atoms with Gasteiger partial charge in [-0.25, -0.2) is 4.98 Å². The predicted molar refractivity (Wildman–Crippen MR) is 66.7 cm³/mol. The van der Waals surface area contributed by atoms with E-state index in [-0.39, 0.29) is 0 Å². The maximum Gasteiger partial charge on any atom is 0.128 e. The van der Waals surface area contributed by atoms with Crippen LogP contribution in [0, 0.1) is 11.3 Å². The molecule has 2 aliphatic carbocycles. The Morgan fingerprint density at radius 3 is 2.69 bits per heavy atom. The van der Waals surface area contributed by atoms with Gasteiger partial charge in [0.1, 0.15) is 11.6 Å². The molecule has 0 aromatic carbocycles. The maximum atomic E-state index is 4.48. The topological polar surface area (TPSA) is 37.0 Å². The summed E-state index contributed by atoms with van der Waals surface area (Å²) in [4.78, 5) is 4.48. The molecule has 1 aromatic rings. The summed E-state index contributed by atoms with van der Waals surface area (Å²) in [6, 6.07) is 6.07. The van der Waals surface area contributed by atoms with Crippen LogP contribution in [0.1, 0.15) is 25.7 Å². The molecule has 86 valence electrons. The molecular formula is C13H19N3. The minimum Gasteiger partial charge on any atom is -0.373 e. The van der Waals surface area contributed by atoms with Crippen molar-refractivity contribution in [3.05, 3.63) is 18.2 Å². The number of pyridine rings is 1. The van der Waals surface area contributed by atoms with E-state index in [0.29, 0.717) is 5.41 Å². The van der Waals surface area contributed by atoms with Gasteiger partial charge in [0.05, 0.1) is 0 Å². The fraction of sp³-hybridized carbons (Fsp3) is 0.615. The molecule has 16 heavy (non-hydrogen) atoms. The van der Waals surface area contributed by atoms with E-state index in [1.54, 1.807) is 0 Å². The molecule has 2 aliphatic rings. The molecule has 0 spiro atoms. The third-order valence-electron chi connectivity index (χ3n) is 3.96. The molecule has 2 N–H and O–H groups in total. The quantitative estimate of drug-likeness (QED) is 0.796. The summed E-state index contributed by atoms with van der Waals surface area (Å²) in [5, 5.41) is 6.56. The Balaban J connectivity index is 1.61. The molecule has 3 nitrogen and oxygen atoms in total. The van der Waals surface area contributed by atoms with Gasteiger partial charge in [-0.1, -0.05) is 6.07 Å². The van der Waals surface area contributed by atoms with Crippen molar-refractivity contribution >= 4 is 11.6 Å². The van der Waals surface area contributed by atoms with Gasteiger partial charge in [0, 0.05) is 13.6 Å². The first-order chi connectivity index (χ1) is 7.82. The summed E-state index contributed by atoms with van der Waals surface area (Å²) < 4.78 is 0. The number of anilines is 2. The normalized spacial score (nSPS) is 21.6. The van der Waals surface area contributed by atoms with E-state index in [0.717, 1.165) is 24.1 Å². The first-order valence-corrected chi connectivity index (χ1v) is 6.21. The van der Waals surface area contributed by atoms with E-state index in [2.05, 4.69) is 15.6 Å². The lowest BCUT2D eigenvalue weighted by Gasteiger charge is -2.15. The van der Waals surface area contributed by atoms with Crippen molar-refractivity contribution in [3.63, 3.8) is 0 Å². The Hall–Kier alpha value is -1.25. The minimum absolute atomic E-state index is 0.636. The van der Waals surface area contributed by atoms with Crippen LogP contribution in [-0.2, 0) is 0 Å². The Kier molecular flexibility index (Phi) is 2.27. The molecule has 0 unspecified atom stereocenters. The van der Waals surface area contributed by atoms with Crippen molar-refractivity contribution in [2.24, 2.45) is 11.3 Å². The zero-order chi connectivity index (χ0) is 11.0. The first-order valence-electron chi connectivity index (χ1n) is 6.21. The smallest absolute Gasteiger partial charge is 0.128 e. The highest BCUT2D eigenvalue weighted by molar-refractivity contribution is 5.45. The molecule has 2 fully saturated rings. The van der Waals surface area contributed by atoms with E-state index in [9.17, 15) is 0 Å². The van der Waals surface area contributed by atoms with Crippen LogP contribution < -0.4 is 10.6 Å². The highest BCUT2D eigenvalue weighted by atomic mass is 15.1. The van der Waals surface area contributed by atoms with Crippen molar-refractivity contribution in [2.75, 3.05) is 24.2 Å². The third kappa shape index (κ3) is 1.86. The lowest BCUT2D eigenvalue weighted by molar-refractivity contribution is 0.466. The monoisotopic (exact) mass is 217 g/mol. The highest BCUT2D eigenvalue weighted by Gasteiger charge is 2.53. The Morgan fingerprint density at radius 1 is 1.31 bits per heavy atom. The number of rotatable bonds is 5. The first kappa shape index (κ1) is 9.94. The fourth-order valence-corrected chi connectivity index (χ4v) is 2.52. The van der Waals surface area contributed by atoms with E-state index >= 15 is 0 Å². The van der Waals surface area contributed by atoms with Crippen LogP contribution in [0.4, 0.5) is 11.6 Å². The van der Waals surface area contributed by atoms with E-state index in [1.807, 2.05) is 25.2 Å². The molecule has 3 rings (SSSR count). The van der Waals surface area contributed by atoms with Gasteiger partial charge in [0.15, 0.2) is 0 Å². The van der Waals surface area contributed by atoms with E-state index in [1.165, 1.54) is 25.7 Å². The number of hydrogen-bond donors (Lipinski definition) is 2. The second-order valence-corrected chi connectivity index (χ2v) is 5.15. The molecule has 0 amide bonds. The number of nitrogens with zero attached hydrogens (tertiary/aromatic N) is 1. The predicted octanol–water partition coefficient (Wildman–Crippen LogP) is 2.73. The van der Waals surface area contributed by atoms with Crippen LogP contribution >= 0.6 is 0 Å². The standard InChI is InChI=1S/C13H19N3/c1-14-11-3-2-4-12(16-11)15-9-13(7-8-13)10-5-6-10/h2-4,10H,5-9H2,1H3,(H2,14,15,16). The number of hydrogen-bond acceptors (Lipinski definition) is 3. The van der Waals surface area contributed by atoms with Crippen LogP contribution in [-0.4, -0.2) is 18.6 Å². The van der Waals surface area contributed by atoms with Crippen LogP contribution in [0.5, 0.6) is 0 Å². The summed E-state index contributed by atoms with van der Waals surface area (Å²) in [5.74, 6) is 2.94. The maximum absolute atomic E-state index is 4.48. The summed E-state index contributed by atoms with van der Waals surface area (Å²) >= 11 is 0. The highest BCUT2D eigenvalue weighted by Crippen LogP contribution is 2.61. The molecule has 0 radical (unpaired) electrons. The molecule has 1 aromatic heterocycles. The molecule has 3 heteroatoms. The second kappa shape index (κ2) is 3.65. The average molecular weight is 217 g/mol. The van der Waals surface area contributed by atoms with E-state index in [4.69, 9.17) is 0 Å². The minimum atomic E-state index is 0.636. The second-order valence-electron chi connectivity index (χ2n) is 5.15. The average Bonchev–Trinajstić information content (AvgIpc) is 3.17. The van der Waals surface area contributed by atoms with Gasteiger partial charge in [-0.3, -0.25) is 0 Å². The van der Waals surface area contributed by atoms with Gasteiger partial charge < -0.3 is 10.6 Å². The fourth-order valence-electron chi connectivity index (χ4n) is 2.52. The third-order valence-corrected chi connectivity index (χ3v) is 3.96. The zero-order valence-electron chi connectivity index (χ0n) is 9.79. The van der Waals surface area contributed by atoms with Gasteiger partial charge in [0.2, 0.25) is 0 Å². The van der Waals surface area contributed by atoms with Crippen molar-refractivity contribution in [3.8, 4) is 0 Å². The zero-order valence-corrected chi connectivity index (χ0v) is 9.79. The molecule has 1 heterocycles. The van der Waals surface area contributed by atoms with Crippen LogP contribution in [0.15, 0.2) is 18.2 Å². The van der Waals surface area contributed by atoms with Crippen molar-refractivity contribution in [1.82, 2.24) is 4.98 Å². The Bertz CT molecular complexity index is 381. The van der Waals surface area contributed by atoms with Crippen molar-refractivity contribution < 1.29 is 0 Å². The lowest BCUT2D eigenvalue weighted by atomic mass is 10.0. The molecule has 0 aliphatic heterocycles. The molecule has 0 atom stereocenters. The lowest BCUT2D eigenvalue weighted by Crippen LogP contribution is -2.18. The van der Waals surface area contributed by atoms with E-state index < -0.39 is 0 Å². The van der Waals surface area contributed by atoms with Gasteiger partial charge >= 0.3 is 0 Å². The van der Waals surface area contributed by atoms with Gasteiger partial charge in [-0.2, -0.15) is 0 Å². The summed E-state index contributed by atoms with van der Waals surface area (Å²) in [7, 11) is 1.90. The van der Waals surface area contributed by atoms with Crippen LogP contribution in [0.2, 0.25) is 0 Å².